The van der Waals surface area contributed by atoms with Crippen LogP contribution in [-0.2, 0) is 23.8 Å². The van der Waals surface area contributed by atoms with Crippen molar-refractivity contribution in [3.63, 3.8) is 0 Å². The monoisotopic (exact) mass is 363 g/mol. The predicted octanol–water partition coefficient (Wildman–Crippen LogP) is 0.429. The SMILES string of the molecule is COC(=O)/C=C1/[C@]23C[C@@H](OC)[C@@H](O)C=C2CCN3C[C@H]2C[C@@]12C(=O)OC. The number of aliphatic hydroxyl groups is 1. The highest BCUT2D eigenvalue weighted by Crippen LogP contribution is 2.69. The third kappa shape index (κ3) is 2.11. The molecule has 1 saturated carbocycles. The molecule has 0 unspecified atom stereocenters. The number of carbonyl (C=O) groups is 2. The van der Waals surface area contributed by atoms with Crippen molar-refractivity contribution in [1.29, 1.82) is 0 Å². The summed E-state index contributed by atoms with van der Waals surface area (Å²) in [5.41, 5.74) is 0.443. The topological polar surface area (TPSA) is 85.3 Å². The van der Waals surface area contributed by atoms with E-state index in [-0.39, 0.29) is 11.9 Å². The van der Waals surface area contributed by atoms with Crippen molar-refractivity contribution >= 4 is 11.9 Å². The van der Waals surface area contributed by atoms with Crippen LogP contribution in [0, 0.1) is 11.3 Å². The van der Waals surface area contributed by atoms with Crippen molar-refractivity contribution in [2.24, 2.45) is 11.3 Å². The molecule has 0 aromatic rings. The average Bonchev–Trinajstić information content (AvgIpc) is 3.27. The van der Waals surface area contributed by atoms with E-state index in [9.17, 15) is 14.7 Å². The smallest absolute Gasteiger partial charge is 0.330 e. The molecule has 4 aliphatic rings. The lowest BCUT2D eigenvalue weighted by molar-refractivity contribution is -0.148. The van der Waals surface area contributed by atoms with E-state index in [1.807, 2.05) is 6.08 Å². The van der Waals surface area contributed by atoms with Gasteiger partial charge in [-0.25, -0.2) is 4.79 Å². The molecule has 0 amide bonds. The average molecular weight is 363 g/mol. The van der Waals surface area contributed by atoms with Crippen LogP contribution in [-0.4, -0.2) is 74.1 Å². The van der Waals surface area contributed by atoms with Crippen LogP contribution < -0.4 is 0 Å². The Labute approximate surface area is 152 Å². The lowest BCUT2D eigenvalue weighted by Gasteiger charge is -2.51. The third-order valence-electron chi connectivity index (χ3n) is 6.76. The predicted molar refractivity (Wildman–Crippen MR) is 91.1 cm³/mol. The van der Waals surface area contributed by atoms with Gasteiger partial charge in [0.25, 0.3) is 0 Å². The lowest BCUT2D eigenvalue weighted by Crippen LogP contribution is -2.59. The number of piperidine rings is 1. The minimum atomic E-state index is -0.774. The number of methoxy groups -OCH3 is 3. The van der Waals surface area contributed by atoms with Crippen LogP contribution in [0.3, 0.4) is 0 Å². The molecule has 2 aliphatic carbocycles. The van der Waals surface area contributed by atoms with E-state index in [1.54, 1.807) is 7.11 Å². The van der Waals surface area contributed by atoms with E-state index < -0.39 is 29.1 Å². The van der Waals surface area contributed by atoms with Crippen LogP contribution in [0.5, 0.6) is 0 Å². The molecule has 26 heavy (non-hydrogen) atoms. The van der Waals surface area contributed by atoms with E-state index in [0.29, 0.717) is 12.8 Å². The molecule has 0 aromatic heterocycles. The van der Waals surface area contributed by atoms with E-state index in [1.165, 1.54) is 20.3 Å². The summed E-state index contributed by atoms with van der Waals surface area (Å²) >= 11 is 0. The molecule has 7 nitrogen and oxygen atoms in total. The standard InChI is InChI=1S/C19H25NO6/c1-24-14-9-19-11(6-13(14)21)4-5-20(19)10-12-8-18(12,17(23)26-3)15(19)7-16(22)25-2/h6-7,12-14,21H,4-5,8-10H2,1-3H3/b15-7+/t12-,13+,14-,18+,19+/m1/s1. The summed E-state index contributed by atoms with van der Waals surface area (Å²) in [6.45, 7) is 1.61. The minimum absolute atomic E-state index is 0.142. The highest BCUT2D eigenvalue weighted by molar-refractivity contribution is 5.91. The molecule has 2 heterocycles. The molecule has 0 aromatic carbocycles. The first kappa shape index (κ1) is 17.7. The van der Waals surface area contributed by atoms with Crippen molar-refractivity contribution in [2.45, 2.75) is 37.0 Å². The zero-order chi connectivity index (χ0) is 18.7. The van der Waals surface area contributed by atoms with Crippen molar-refractivity contribution < 1.29 is 28.9 Å². The summed E-state index contributed by atoms with van der Waals surface area (Å²) in [5.74, 6) is -0.627. The molecule has 0 radical (unpaired) electrons. The number of fused-ring (bicyclic) bond motifs is 1. The Kier molecular flexibility index (Phi) is 4.02. The van der Waals surface area contributed by atoms with Crippen LogP contribution in [0.2, 0.25) is 0 Å². The van der Waals surface area contributed by atoms with Crippen LogP contribution in [0.4, 0.5) is 0 Å². The summed E-state index contributed by atoms with van der Waals surface area (Å²) in [6.07, 6.45) is 4.22. The van der Waals surface area contributed by atoms with Crippen LogP contribution in [0.25, 0.3) is 0 Å². The van der Waals surface area contributed by atoms with Gasteiger partial charge in [0.1, 0.15) is 0 Å². The van der Waals surface area contributed by atoms with Gasteiger partial charge in [0.05, 0.1) is 37.4 Å². The van der Waals surface area contributed by atoms with Gasteiger partial charge in [-0.1, -0.05) is 6.08 Å². The van der Waals surface area contributed by atoms with Gasteiger partial charge in [-0.05, 0) is 29.9 Å². The van der Waals surface area contributed by atoms with Crippen molar-refractivity contribution in [3.05, 3.63) is 23.3 Å². The first-order valence-corrected chi connectivity index (χ1v) is 9.00. The van der Waals surface area contributed by atoms with E-state index in [2.05, 4.69) is 4.90 Å². The molecule has 1 N–H and O–H groups in total. The second-order valence-electron chi connectivity index (χ2n) is 7.66. The lowest BCUT2D eigenvalue weighted by atomic mass is 9.66. The summed E-state index contributed by atoms with van der Waals surface area (Å²) in [4.78, 5) is 27.3. The molecule has 2 aliphatic heterocycles. The third-order valence-corrected chi connectivity index (χ3v) is 6.76. The van der Waals surface area contributed by atoms with E-state index in [4.69, 9.17) is 14.2 Å². The number of hydrogen-bond acceptors (Lipinski definition) is 7. The van der Waals surface area contributed by atoms with Gasteiger partial charge in [0.15, 0.2) is 0 Å². The Bertz CT molecular complexity index is 715. The van der Waals surface area contributed by atoms with Gasteiger partial charge in [-0.15, -0.1) is 0 Å². The van der Waals surface area contributed by atoms with E-state index in [0.717, 1.165) is 30.7 Å². The summed E-state index contributed by atoms with van der Waals surface area (Å²) in [7, 11) is 4.30. The second-order valence-corrected chi connectivity index (χ2v) is 7.66. The summed E-state index contributed by atoms with van der Waals surface area (Å²) < 4.78 is 15.5. The molecule has 7 heteroatoms. The Hall–Kier alpha value is -1.70. The minimum Gasteiger partial charge on any atom is -0.468 e. The van der Waals surface area contributed by atoms with Crippen molar-refractivity contribution in [1.82, 2.24) is 4.90 Å². The summed E-state index contributed by atoms with van der Waals surface area (Å²) in [5, 5.41) is 10.4. The maximum absolute atomic E-state index is 12.8. The number of rotatable bonds is 3. The second kappa shape index (κ2) is 5.90. The quantitative estimate of drug-likeness (QED) is 0.442. The molecular weight excluding hydrogens is 338 g/mol. The number of esters is 2. The highest BCUT2D eigenvalue weighted by atomic mass is 16.5. The van der Waals surface area contributed by atoms with E-state index >= 15 is 0 Å². The highest BCUT2D eigenvalue weighted by Gasteiger charge is 2.73. The maximum Gasteiger partial charge on any atom is 0.330 e. The zero-order valence-electron chi connectivity index (χ0n) is 15.4. The Morgan fingerprint density at radius 3 is 2.69 bits per heavy atom. The van der Waals surface area contributed by atoms with Crippen LogP contribution >= 0.6 is 0 Å². The number of nitrogens with zero attached hydrogens (tertiary/aromatic N) is 1. The first-order valence-electron chi connectivity index (χ1n) is 9.00. The van der Waals surface area contributed by atoms with Crippen LogP contribution in [0.1, 0.15) is 19.3 Å². The molecule has 2 saturated heterocycles. The van der Waals surface area contributed by atoms with Gasteiger partial charge in [0.2, 0.25) is 0 Å². The first-order chi connectivity index (χ1) is 12.4. The molecule has 142 valence electrons. The Morgan fingerprint density at radius 2 is 2.04 bits per heavy atom. The molecule has 3 fully saturated rings. The normalized spacial score (nSPS) is 42.4. The molecule has 1 spiro atoms. The van der Waals surface area contributed by atoms with Gasteiger partial charge in [0, 0.05) is 32.7 Å². The molecule has 0 bridgehead atoms. The van der Waals surface area contributed by atoms with Crippen LogP contribution in [0.15, 0.2) is 23.3 Å². The fourth-order valence-corrected chi connectivity index (χ4v) is 5.47. The molecule has 4 rings (SSSR count). The zero-order valence-corrected chi connectivity index (χ0v) is 15.4. The fraction of sp³-hybridized carbons (Fsp3) is 0.684. The number of hydrogen-bond donors (Lipinski definition) is 1. The molecular formula is C19H25NO6. The molecule has 5 atom stereocenters. The Balaban J connectivity index is 1.90. The van der Waals surface area contributed by atoms with Gasteiger partial charge in [-0.3, -0.25) is 9.69 Å². The maximum atomic E-state index is 12.8. The van der Waals surface area contributed by atoms with Gasteiger partial charge < -0.3 is 19.3 Å². The largest absolute Gasteiger partial charge is 0.468 e. The summed E-state index contributed by atoms with van der Waals surface area (Å²) in [6, 6.07) is 0. The van der Waals surface area contributed by atoms with Crippen molar-refractivity contribution in [3.8, 4) is 0 Å². The number of ether oxygens (including phenoxy) is 3. The Morgan fingerprint density at radius 1 is 1.27 bits per heavy atom. The number of carbonyl (C=O) groups excluding carboxylic acids is 2. The van der Waals surface area contributed by atoms with Gasteiger partial charge >= 0.3 is 11.9 Å². The fourth-order valence-electron chi connectivity index (χ4n) is 5.47. The van der Waals surface area contributed by atoms with Gasteiger partial charge in [-0.2, -0.15) is 0 Å². The van der Waals surface area contributed by atoms with Crippen molar-refractivity contribution in [2.75, 3.05) is 34.4 Å². The number of aliphatic hydroxyl groups excluding tert-OH is 1.